The number of rotatable bonds is 0. The van der Waals surface area contributed by atoms with E-state index in [2.05, 4.69) is 12.6 Å². The molecular weight excluding hydrogens is 195 g/mol. The largest absolute Gasteiger partial charge is 0.504 e. The van der Waals surface area contributed by atoms with E-state index >= 15 is 0 Å². The molecule has 1 nitrogen and oxygen atoms in total. The third-order valence-electron chi connectivity index (χ3n) is 1.65. The van der Waals surface area contributed by atoms with Crippen LogP contribution in [0.15, 0.2) is 22.4 Å². The van der Waals surface area contributed by atoms with E-state index in [1.165, 1.54) is 17.4 Å². The molecule has 1 aromatic carbocycles. The number of fused-ring (bicyclic) bond motifs is 1. The van der Waals surface area contributed by atoms with Gasteiger partial charge in [-0.15, -0.1) is 24.0 Å². The number of phenolic OH excluding ortho intramolecular Hbond substituents is 1. The fourth-order valence-electron chi connectivity index (χ4n) is 1.05. The van der Waals surface area contributed by atoms with E-state index in [0.29, 0.717) is 4.70 Å². The minimum Gasteiger partial charge on any atom is -0.504 e. The molecule has 0 aliphatic carbocycles. The van der Waals surface area contributed by atoms with Gasteiger partial charge in [0.05, 0.1) is 4.70 Å². The molecule has 12 heavy (non-hydrogen) atoms. The van der Waals surface area contributed by atoms with Crippen LogP contribution >= 0.6 is 24.0 Å². The molecule has 1 heterocycles. The maximum absolute atomic E-state index is 12.8. The van der Waals surface area contributed by atoms with Gasteiger partial charge in [-0.25, -0.2) is 4.39 Å². The zero-order valence-electron chi connectivity index (χ0n) is 5.91. The molecule has 0 atom stereocenters. The van der Waals surface area contributed by atoms with Gasteiger partial charge in [0, 0.05) is 15.7 Å². The van der Waals surface area contributed by atoms with Crippen molar-refractivity contribution < 1.29 is 9.50 Å². The van der Waals surface area contributed by atoms with E-state index in [9.17, 15) is 9.50 Å². The number of benzene rings is 1. The molecule has 0 bridgehead atoms. The summed E-state index contributed by atoms with van der Waals surface area (Å²) in [7, 11) is 0. The van der Waals surface area contributed by atoms with Crippen LogP contribution in [0.3, 0.4) is 0 Å². The van der Waals surface area contributed by atoms with Crippen LogP contribution in [0, 0.1) is 5.82 Å². The highest BCUT2D eigenvalue weighted by molar-refractivity contribution is 7.80. The number of hydrogen-bond donors (Lipinski definition) is 2. The van der Waals surface area contributed by atoms with Crippen LogP contribution in [-0.2, 0) is 0 Å². The van der Waals surface area contributed by atoms with Crippen molar-refractivity contribution in [1.82, 2.24) is 0 Å². The van der Waals surface area contributed by atoms with Crippen molar-refractivity contribution in [2.45, 2.75) is 4.90 Å². The summed E-state index contributed by atoms with van der Waals surface area (Å²) in [6.07, 6.45) is 0. The van der Waals surface area contributed by atoms with Gasteiger partial charge in [-0.05, 0) is 12.1 Å². The quantitative estimate of drug-likeness (QED) is 0.626. The average molecular weight is 200 g/mol. The van der Waals surface area contributed by atoms with Crippen molar-refractivity contribution in [2.24, 2.45) is 0 Å². The van der Waals surface area contributed by atoms with Crippen molar-refractivity contribution in [3.63, 3.8) is 0 Å². The predicted octanol–water partition coefficient (Wildman–Crippen LogP) is 3.03. The van der Waals surface area contributed by atoms with E-state index in [-0.39, 0.29) is 5.75 Å². The summed E-state index contributed by atoms with van der Waals surface area (Å²) >= 11 is 5.45. The minimum atomic E-state index is -0.585. The summed E-state index contributed by atoms with van der Waals surface area (Å²) in [5.41, 5.74) is 0. The normalized spacial score (nSPS) is 10.8. The number of thiophene rings is 1. The summed E-state index contributed by atoms with van der Waals surface area (Å²) in [4.78, 5) is 0.769. The Morgan fingerprint density at radius 2 is 2.17 bits per heavy atom. The molecule has 62 valence electrons. The van der Waals surface area contributed by atoms with Gasteiger partial charge in [-0.3, -0.25) is 0 Å². The molecule has 1 N–H and O–H groups in total. The smallest absolute Gasteiger partial charge is 0.169 e. The summed E-state index contributed by atoms with van der Waals surface area (Å²) < 4.78 is 13.3. The molecule has 1 aromatic heterocycles. The van der Waals surface area contributed by atoms with Crippen LogP contribution in [0.4, 0.5) is 4.39 Å². The Hall–Kier alpha value is -0.740. The second-order valence-electron chi connectivity index (χ2n) is 2.39. The first-order chi connectivity index (χ1) is 5.70. The van der Waals surface area contributed by atoms with Crippen molar-refractivity contribution in [3.8, 4) is 5.75 Å². The Kier molecular flexibility index (Phi) is 1.73. The maximum Gasteiger partial charge on any atom is 0.169 e. The molecule has 0 aliphatic heterocycles. The molecular formula is C8H5FOS2. The van der Waals surface area contributed by atoms with Crippen LogP contribution in [0.5, 0.6) is 5.75 Å². The third-order valence-corrected chi connectivity index (χ3v) is 3.19. The van der Waals surface area contributed by atoms with E-state index in [1.54, 1.807) is 11.4 Å². The molecule has 2 rings (SSSR count). The second kappa shape index (κ2) is 2.64. The first-order valence-corrected chi connectivity index (χ1v) is 4.60. The van der Waals surface area contributed by atoms with Crippen LogP contribution < -0.4 is 0 Å². The van der Waals surface area contributed by atoms with Crippen molar-refractivity contribution >= 4 is 34.1 Å². The lowest BCUT2D eigenvalue weighted by Crippen LogP contribution is -1.74. The molecule has 0 fully saturated rings. The van der Waals surface area contributed by atoms with Crippen molar-refractivity contribution in [1.29, 1.82) is 0 Å². The topological polar surface area (TPSA) is 20.2 Å². The van der Waals surface area contributed by atoms with Gasteiger partial charge in [0.1, 0.15) is 0 Å². The highest BCUT2D eigenvalue weighted by Gasteiger charge is 2.08. The second-order valence-corrected chi connectivity index (χ2v) is 3.76. The van der Waals surface area contributed by atoms with Crippen LogP contribution in [0.25, 0.3) is 10.1 Å². The number of hydrogen-bond acceptors (Lipinski definition) is 3. The van der Waals surface area contributed by atoms with Gasteiger partial charge in [0.15, 0.2) is 11.6 Å². The standard InChI is InChI=1S/C8H5FOS2/c9-5-2-1-4-6(11)3-12-8(4)7(5)10/h1-3,10-11H. The number of thiol groups is 1. The Morgan fingerprint density at radius 1 is 1.42 bits per heavy atom. The first kappa shape index (κ1) is 7.89. The Labute approximate surface area is 77.9 Å². The van der Waals surface area contributed by atoms with Crippen molar-refractivity contribution in [2.75, 3.05) is 0 Å². The summed E-state index contributed by atoms with van der Waals surface area (Å²) in [5.74, 6) is -0.865. The molecule has 0 unspecified atom stereocenters. The Morgan fingerprint density at radius 3 is 2.92 bits per heavy atom. The zero-order valence-corrected chi connectivity index (χ0v) is 7.62. The predicted molar refractivity (Wildman–Crippen MR) is 50.7 cm³/mol. The van der Waals surface area contributed by atoms with E-state index < -0.39 is 5.82 Å². The Balaban J connectivity index is 2.93. The highest BCUT2D eigenvalue weighted by atomic mass is 32.1. The van der Waals surface area contributed by atoms with Gasteiger partial charge in [-0.1, -0.05) is 0 Å². The van der Waals surface area contributed by atoms with E-state index in [4.69, 9.17) is 0 Å². The molecule has 0 radical (unpaired) electrons. The summed E-state index contributed by atoms with van der Waals surface area (Å²) in [6, 6.07) is 2.85. The molecule has 0 aliphatic rings. The molecule has 4 heteroatoms. The van der Waals surface area contributed by atoms with Gasteiger partial charge >= 0.3 is 0 Å². The SMILES string of the molecule is Oc1c(F)ccc2c(S)csc12. The van der Waals surface area contributed by atoms with Crippen LogP contribution in [0.2, 0.25) is 0 Å². The lowest BCUT2D eigenvalue weighted by molar-refractivity contribution is 0.439. The molecule has 0 saturated heterocycles. The molecule has 0 amide bonds. The van der Waals surface area contributed by atoms with E-state index in [1.807, 2.05) is 0 Å². The number of phenols is 1. The van der Waals surface area contributed by atoms with Crippen LogP contribution in [-0.4, -0.2) is 5.11 Å². The number of aromatic hydroxyl groups is 1. The van der Waals surface area contributed by atoms with E-state index in [0.717, 1.165) is 10.3 Å². The molecule has 2 aromatic rings. The molecule has 0 spiro atoms. The fraction of sp³-hybridized carbons (Fsp3) is 0. The summed E-state index contributed by atoms with van der Waals surface area (Å²) in [6.45, 7) is 0. The fourth-order valence-corrected chi connectivity index (χ4v) is 2.34. The monoisotopic (exact) mass is 200 g/mol. The lowest BCUT2D eigenvalue weighted by Gasteiger charge is -1.95. The number of halogens is 1. The highest BCUT2D eigenvalue weighted by Crippen LogP contribution is 2.36. The Bertz CT molecular complexity index is 436. The maximum atomic E-state index is 12.8. The molecule has 0 saturated carbocycles. The lowest BCUT2D eigenvalue weighted by atomic mass is 10.2. The van der Waals surface area contributed by atoms with Gasteiger partial charge < -0.3 is 5.11 Å². The van der Waals surface area contributed by atoms with Crippen molar-refractivity contribution in [3.05, 3.63) is 23.3 Å². The van der Waals surface area contributed by atoms with Crippen LogP contribution in [0.1, 0.15) is 0 Å². The third kappa shape index (κ3) is 0.990. The average Bonchev–Trinajstić information content (AvgIpc) is 2.41. The van der Waals surface area contributed by atoms with Gasteiger partial charge in [0.2, 0.25) is 0 Å². The van der Waals surface area contributed by atoms with Gasteiger partial charge in [0.25, 0.3) is 0 Å². The minimum absolute atomic E-state index is 0.280. The first-order valence-electron chi connectivity index (χ1n) is 3.28. The zero-order chi connectivity index (χ0) is 8.72. The summed E-state index contributed by atoms with van der Waals surface area (Å²) in [5, 5.41) is 11.8. The van der Waals surface area contributed by atoms with Gasteiger partial charge in [-0.2, -0.15) is 0 Å².